The molecule has 5 nitrogen and oxygen atoms in total. The highest BCUT2D eigenvalue weighted by molar-refractivity contribution is 5.73. The maximum atomic E-state index is 12.4. The molecule has 0 spiro atoms. The number of hydrogen-bond donors (Lipinski definition) is 2. The first-order chi connectivity index (χ1) is 8.45. The van der Waals surface area contributed by atoms with Crippen molar-refractivity contribution in [3.63, 3.8) is 0 Å². The van der Waals surface area contributed by atoms with E-state index in [2.05, 4.69) is 15.3 Å². The Bertz CT molecular complexity index is 461. The van der Waals surface area contributed by atoms with Gasteiger partial charge in [0.15, 0.2) is 0 Å². The average molecular weight is 260 g/mol. The predicted molar refractivity (Wildman–Crippen MR) is 59.1 cm³/mol. The van der Waals surface area contributed by atoms with Crippen molar-refractivity contribution >= 4 is 11.8 Å². The van der Waals surface area contributed by atoms with E-state index in [1.807, 2.05) is 0 Å². The summed E-state index contributed by atoms with van der Waals surface area (Å²) in [7, 11) is 0. The Kier molecular flexibility index (Phi) is 3.26. The van der Waals surface area contributed by atoms with Gasteiger partial charge >= 0.3 is 6.18 Å². The number of nitrogens with one attached hydrogen (secondary N) is 1. The molecule has 0 fully saturated rings. The minimum Gasteiger partial charge on any atom is -0.463 e. The van der Waals surface area contributed by atoms with Gasteiger partial charge in [-0.25, -0.2) is 9.98 Å². The van der Waals surface area contributed by atoms with Gasteiger partial charge in [0.2, 0.25) is 0 Å². The van der Waals surface area contributed by atoms with Crippen molar-refractivity contribution in [2.75, 3.05) is 18.5 Å². The van der Waals surface area contributed by atoms with E-state index in [0.717, 1.165) is 6.07 Å². The number of amidine groups is 1. The second-order valence-electron chi connectivity index (χ2n) is 3.72. The molecule has 0 saturated carbocycles. The number of nitrogens with zero attached hydrogens (tertiary/aromatic N) is 2. The first kappa shape index (κ1) is 12.5. The van der Waals surface area contributed by atoms with Gasteiger partial charge in [-0.2, -0.15) is 13.2 Å². The first-order valence-corrected chi connectivity index (χ1v) is 5.19. The fourth-order valence-corrected chi connectivity index (χ4v) is 1.45. The van der Waals surface area contributed by atoms with Crippen LogP contribution in [0.3, 0.4) is 0 Å². The number of alkyl halides is 3. The zero-order chi connectivity index (χ0) is 13.2. The number of halogens is 3. The van der Waals surface area contributed by atoms with Gasteiger partial charge in [-0.15, -0.1) is 0 Å². The number of rotatable bonds is 3. The molecule has 2 rings (SSSR count). The quantitative estimate of drug-likeness (QED) is 0.857. The van der Waals surface area contributed by atoms with Gasteiger partial charge in [0, 0.05) is 6.54 Å². The molecule has 18 heavy (non-hydrogen) atoms. The lowest BCUT2D eigenvalue weighted by molar-refractivity contribution is -0.141. The third kappa shape index (κ3) is 3.02. The van der Waals surface area contributed by atoms with E-state index < -0.39 is 11.9 Å². The maximum absolute atomic E-state index is 12.4. The first-order valence-electron chi connectivity index (χ1n) is 5.19. The van der Waals surface area contributed by atoms with Crippen molar-refractivity contribution in [1.29, 1.82) is 0 Å². The van der Waals surface area contributed by atoms with Gasteiger partial charge in [0.05, 0.1) is 0 Å². The Morgan fingerprint density at radius 3 is 2.83 bits per heavy atom. The molecule has 1 aliphatic rings. The average Bonchev–Trinajstić information content (AvgIpc) is 2.72. The van der Waals surface area contributed by atoms with Crippen molar-refractivity contribution in [2.45, 2.75) is 12.2 Å². The third-order valence-corrected chi connectivity index (χ3v) is 2.29. The summed E-state index contributed by atoms with van der Waals surface area (Å²) in [5, 5.41) is 2.77. The van der Waals surface area contributed by atoms with Crippen LogP contribution in [0.4, 0.5) is 19.0 Å². The maximum Gasteiger partial charge on any atom is 0.433 e. The predicted octanol–water partition coefficient (Wildman–Crippen LogP) is 1.23. The van der Waals surface area contributed by atoms with Crippen LogP contribution < -0.4 is 11.1 Å². The molecule has 98 valence electrons. The van der Waals surface area contributed by atoms with E-state index in [0.29, 0.717) is 13.2 Å². The second kappa shape index (κ2) is 4.71. The Morgan fingerprint density at radius 2 is 2.22 bits per heavy atom. The number of anilines is 1. The van der Waals surface area contributed by atoms with Crippen molar-refractivity contribution in [3.8, 4) is 0 Å². The fraction of sp³-hybridized carbons (Fsp3) is 0.400. The van der Waals surface area contributed by atoms with E-state index in [9.17, 15) is 13.2 Å². The molecule has 0 aliphatic carbocycles. The number of aliphatic imine (C=N–C) groups is 1. The topological polar surface area (TPSA) is 72.5 Å². The highest BCUT2D eigenvalue weighted by atomic mass is 19.4. The van der Waals surface area contributed by atoms with Crippen LogP contribution in [0.2, 0.25) is 0 Å². The molecule has 3 N–H and O–H groups in total. The molecule has 0 saturated heterocycles. The van der Waals surface area contributed by atoms with E-state index in [-0.39, 0.29) is 17.9 Å². The molecule has 0 aromatic carbocycles. The summed E-state index contributed by atoms with van der Waals surface area (Å²) in [6, 6.07) is 3.55. The van der Waals surface area contributed by atoms with Crippen LogP contribution in [0.5, 0.6) is 0 Å². The molecule has 2 heterocycles. The van der Waals surface area contributed by atoms with Gasteiger partial charge in [-0.3, -0.25) is 0 Å². The summed E-state index contributed by atoms with van der Waals surface area (Å²) in [5.74, 6) is 0.144. The van der Waals surface area contributed by atoms with Gasteiger partial charge in [0.1, 0.15) is 24.2 Å². The summed E-state index contributed by atoms with van der Waals surface area (Å²) in [5.41, 5.74) is 4.38. The summed E-state index contributed by atoms with van der Waals surface area (Å²) >= 11 is 0. The number of aromatic nitrogens is 1. The minimum absolute atomic E-state index is 0.0961. The lowest BCUT2D eigenvalue weighted by Crippen LogP contribution is -2.20. The molecule has 8 heteroatoms. The van der Waals surface area contributed by atoms with Crippen LogP contribution in [0, 0.1) is 0 Å². The normalized spacial score (nSPS) is 19.3. The van der Waals surface area contributed by atoms with Crippen LogP contribution in [-0.4, -0.2) is 30.2 Å². The molecule has 1 aromatic rings. The van der Waals surface area contributed by atoms with E-state index in [1.165, 1.54) is 12.1 Å². The van der Waals surface area contributed by atoms with Crippen molar-refractivity contribution in [2.24, 2.45) is 10.7 Å². The standard InChI is InChI=1S/C10H11F3N4O/c11-10(12,13)7-2-1-3-8(17-7)15-4-6-5-18-9(14)16-6/h1-3,6H,4-5H2,(H2,14,16)(H,15,17). The lowest BCUT2D eigenvalue weighted by atomic mass is 10.3. The van der Waals surface area contributed by atoms with E-state index >= 15 is 0 Å². The van der Waals surface area contributed by atoms with Crippen LogP contribution >= 0.6 is 0 Å². The largest absolute Gasteiger partial charge is 0.463 e. The molecule has 1 aliphatic heterocycles. The third-order valence-electron chi connectivity index (χ3n) is 2.29. The minimum atomic E-state index is -4.45. The lowest BCUT2D eigenvalue weighted by Gasteiger charge is -2.10. The Labute approximate surface area is 101 Å². The summed E-state index contributed by atoms with van der Waals surface area (Å²) < 4.78 is 42.2. The highest BCUT2D eigenvalue weighted by Gasteiger charge is 2.32. The molecular formula is C10H11F3N4O. The molecule has 1 atom stereocenters. The van der Waals surface area contributed by atoms with Crippen LogP contribution in [0.1, 0.15) is 5.69 Å². The van der Waals surface area contributed by atoms with Gasteiger partial charge in [-0.05, 0) is 12.1 Å². The fourth-order valence-electron chi connectivity index (χ4n) is 1.45. The zero-order valence-corrected chi connectivity index (χ0v) is 9.24. The smallest absolute Gasteiger partial charge is 0.433 e. The molecule has 0 radical (unpaired) electrons. The van der Waals surface area contributed by atoms with Crippen molar-refractivity contribution < 1.29 is 17.9 Å². The Balaban J connectivity index is 1.98. The SMILES string of the molecule is NC1=NC(CNc2cccc(C(F)(F)F)n2)CO1. The van der Waals surface area contributed by atoms with Crippen molar-refractivity contribution in [3.05, 3.63) is 23.9 Å². The summed E-state index contributed by atoms with van der Waals surface area (Å²) in [6.45, 7) is 0.632. The molecule has 0 bridgehead atoms. The number of pyridine rings is 1. The molecule has 1 unspecified atom stereocenters. The van der Waals surface area contributed by atoms with Crippen LogP contribution in [0.15, 0.2) is 23.2 Å². The number of nitrogens with two attached hydrogens (primary N) is 1. The monoisotopic (exact) mass is 260 g/mol. The van der Waals surface area contributed by atoms with Crippen LogP contribution in [-0.2, 0) is 10.9 Å². The van der Waals surface area contributed by atoms with Crippen LogP contribution in [0.25, 0.3) is 0 Å². The second-order valence-corrected chi connectivity index (χ2v) is 3.72. The van der Waals surface area contributed by atoms with E-state index in [1.54, 1.807) is 0 Å². The van der Waals surface area contributed by atoms with E-state index in [4.69, 9.17) is 10.5 Å². The summed E-state index contributed by atoms with van der Waals surface area (Å²) in [6.07, 6.45) is -4.45. The Morgan fingerprint density at radius 1 is 1.44 bits per heavy atom. The zero-order valence-electron chi connectivity index (χ0n) is 9.24. The van der Waals surface area contributed by atoms with Gasteiger partial charge in [0.25, 0.3) is 6.02 Å². The highest BCUT2D eigenvalue weighted by Crippen LogP contribution is 2.28. The Hall–Kier alpha value is -1.99. The number of ether oxygens (including phenoxy) is 1. The molecule has 0 amide bonds. The summed E-state index contributed by atoms with van der Waals surface area (Å²) in [4.78, 5) is 7.40. The molecular weight excluding hydrogens is 249 g/mol. The van der Waals surface area contributed by atoms with Crippen molar-refractivity contribution in [1.82, 2.24) is 4.98 Å². The molecule has 1 aromatic heterocycles. The number of hydrogen-bond acceptors (Lipinski definition) is 5. The van der Waals surface area contributed by atoms with Gasteiger partial charge < -0.3 is 15.8 Å². The van der Waals surface area contributed by atoms with Gasteiger partial charge in [-0.1, -0.05) is 6.07 Å².